The Morgan fingerprint density at radius 1 is 1.61 bits per heavy atom. The van der Waals surface area contributed by atoms with Crippen molar-refractivity contribution in [1.82, 2.24) is 24.2 Å². The molecule has 102 valence electrons. The summed E-state index contributed by atoms with van der Waals surface area (Å²) in [5, 5.41) is 6.38. The lowest BCUT2D eigenvalue weighted by atomic mass is 10.0. The summed E-state index contributed by atoms with van der Waals surface area (Å²) in [7, 11) is -3.45. The Balaban J connectivity index is 2.02. The molecule has 0 spiro atoms. The molecule has 1 aromatic rings. The second-order valence-electron chi connectivity index (χ2n) is 4.82. The molecule has 0 saturated carbocycles. The standard InChI is InChI=1S/C10H19N5O2S/c1-8-4-3-5-15(6-8)18(16,17)14-9(2)10-11-7-12-13-10/h7-9,14H,3-6H2,1-2H3,(H,11,12,13). The van der Waals surface area contributed by atoms with Gasteiger partial charge in [0.2, 0.25) is 0 Å². The van der Waals surface area contributed by atoms with E-state index in [4.69, 9.17) is 0 Å². The molecule has 7 nitrogen and oxygen atoms in total. The summed E-state index contributed by atoms with van der Waals surface area (Å²) in [6, 6.07) is -0.408. The van der Waals surface area contributed by atoms with E-state index in [2.05, 4.69) is 26.8 Å². The van der Waals surface area contributed by atoms with Gasteiger partial charge in [-0.2, -0.15) is 22.5 Å². The number of nitrogens with one attached hydrogen (secondary N) is 2. The van der Waals surface area contributed by atoms with Gasteiger partial charge in [0.05, 0.1) is 6.04 Å². The third-order valence-corrected chi connectivity index (χ3v) is 4.79. The van der Waals surface area contributed by atoms with Crippen molar-refractivity contribution in [1.29, 1.82) is 0 Å². The second-order valence-corrected chi connectivity index (χ2v) is 6.52. The molecule has 2 rings (SSSR count). The number of hydrogen-bond acceptors (Lipinski definition) is 4. The summed E-state index contributed by atoms with van der Waals surface area (Å²) in [6.45, 7) is 4.98. The molecule has 2 unspecified atom stereocenters. The Kier molecular flexibility index (Phi) is 3.98. The number of aromatic amines is 1. The number of nitrogens with zero attached hydrogens (tertiary/aromatic N) is 3. The lowest BCUT2D eigenvalue weighted by molar-refractivity contribution is 0.277. The van der Waals surface area contributed by atoms with Gasteiger partial charge in [-0.05, 0) is 25.7 Å². The highest BCUT2D eigenvalue weighted by Crippen LogP contribution is 2.19. The minimum Gasteiger partial charge on any atom is -0.262 e. The first-order chi connectivity index (χ1) is 8.49. The maximum atomic E-state index is 12.2. The van der Waals surface area contributed by atoms with Crippen molar-refractivity contribution >= 4 is 10.2 Å². The van der Waals surface area contributed by atoms with Crippen LogP contribution in [0.15, 0.2) is 6.33 Å². The predicted octanol–water partition coefficient (Wildman–Crippen LogP) is 0.432. The van der Waals surface area contributed by atoms with E-state index in [1.165, 1.54) is 10.6 Å². The number of hydrogen-bond donors (Lipinski definition) is 2. The van der Waals surface area contributed by atoms with Crippen LogP contribution in [0, 0.1) is 5.92 Å². The molecule has 0 aliphatic carbocycles. The molecule has 1 saturated heterocycles. The van der Waals surface area contributed by atoms with Gasteiger partial charge in [-0.1, -0.05) is 6.92 Å². The lowest BCUT2D eigenvalue weighted by Crippen LogP contribution is -2.46. The van der Waals surface area contributed by atoms with Gasteiger partial charge in [-0.3, -0.25) is 5.10 Å². The average molecular weight is 273 g/mol. The first-order valence-electron chi connectivity index (χ1n) is 6.11. The van der Waals surface area contributed by atoms with Crippen molar-refractivity contribution in [2.75, 3.05) is 13.1 Å². The number of rotatable bonds is 4. The Morgan fingerprint density at radius 3 is 3.00 bits per heavy atom. The number of piperidine rings is 1. The molecule has 0 bridgehead atoms. The quantitative estimate of drug-likeness (QED) is 0.832. The molecule has 2 atom stereocenters. The second kappa shape index (κ2) is 5.33. The highest BCUT2D eigenvalue weighted by atomic mass is 32.2. The van der Waals surface area contributed by atoms with Crippen LogP contribution >= 0.6 is 0 Å². The van der Waals surface area contributed by atoms with Crippen LogP contribution in [-0.4, -0.2) is 41.0 Å². The van der Waals surface area contributed by atoms with E-state index < -0.39 is 16.3 Å². The molecule has 2 N–H and O–H groups in total. The molecule has 1 fully saturated rings. The van der Waals surface area contributed by atoms with E-state index in [1.807, 2.05) is 0 Å². The van der Waals surface area contributed by atoms with Crippen LogP contribution in [0.3, 0.4) is 0 Å². The van der Waals surface area contributed by atoms with Gasteiger partial charge in [-0.25, -0.2) is 4.98 Å². The van der Waals surface area contributed by atoms with Crippen LogP contribution in [-0.2, 0) is 10.2 Å². The first-order valence-corrected chi connectivity index (χ1v) is 7.55. The third-order valence-electron chi connectivity index (χ3n) is 3.13. The van der Waals surface area contributed by atoms with Crippen LogP contribution in [0.2, 0.25) is 0 Å². The lowest BCUT2D eigenvalue weighted by Gasteiger charge is -2.30. The van der Waals surface area contributed by atoms with Crippen LogP contribution < -0.4 is 4.72 Å². The van der Waals surface area contributed by atoms with Gasteiger partial charge >= 0.3 is 0 Å². The fraction of sp³-hybridized carbons (Fsp3) is 0.800. The molecule has 0 radical (unpaired) electrons. The van der Waals surface area contributed by atoms with Crippen molar-refractivity contribution < 1.29 is 8.42 Å². The maximum absolute atomic E-state index is 12.2. The van der Waals surface area contributed by atoms with Gasteiger partial charge in [0, 0.05) is 13.1 Å². The van der Waals surface area contributed by atoms with Crippen LogP contribution in [0.25, 0.3) is 0 Å². The van der Waals surface area contributed by atoms with E-state index in [0.717, 1.165) is 12.8 Å². The molecule has 1 aromatic heterocycles. The minimum atomic E-state index is -3.45. The molecule has 0 amide bonds. The molecule has 18 heavy (non-hydrogen) atoms. The van der Waals surface area contributed by atoms with Crippen molar-refractivity contribution in [3.63, 3.8) is 0 Å². The topological polar surface area (TPSA) is 91.0 Å². The monoisotopic (exact) mass is 273 g/mol. The summed E-state index contributed by atoms with van der Waals surface area (Å²) in [5.41, 5.74) is 0. The van der Waals surface area contributed by atoms with Gasteiger partial charge in [0.15, 0.2) is 0 Å². The van der Waals surface area contributed by atoms with E-state index >= 15 is 0 Å². The molecule has 0 aromatic carbocycles. The molecule has 1 aliphatic rings. The van der Waals surface area contributed by atoms with Gasteiger partial charge in [-0.15, -0.1) is 0 Å². The van der Waals surface area contributed by atoms with Crippen molar-refractivity contribution in [2.24, 2.45) is 5.92 Å². The summed E-state index contributed by atoms with van der Waals surface area (Å²) in [6.07, 6.45) is 3.37. The predicted molar refractivity (Wildman–Crippen MR) is 66.8 cm³/mol. The zero-order valence-electron chi connectivity index (χ0n) is 10.6. The summed E-state index contributed by atoms with van der Waals surface area (Å²) in [5.74, 6) is 0.930. The zero-order chi connectivity index (χ0) is 13.2. The largest absolute Gasteiger partial charge is 0.280 e. The van der Waals surface area contributed by atoms with E-state index in [-0.39, 0.29) is 0 Å². The highest BCUT2D eigenvalue weighted by Gasteiger charge is 2.28. The smallest absolute Gasteiger partial charge is 0.262 e. The molecule has 1 aliphatic heterocycles. The highest BCUT2D eigenvalue weighted by molar-refractivity contribution is 7.87. The van der Waals surface area contributed by atoms with E-state index in [1.54, 1.807) is 6.92 Å². The summed E-state index contributed by atoms with van der Waals surface area (Å²) >= 11 is 0. The fourth-order valence-electron chi connectivity index (χ4n) is 2.14. The summed E-state index contributed by atoms with van der Waals surface area (Å²) < 4.78 is 28.5. The Morgan fingerprint density at radius 2 is 2.39 bits per heavy atom. The maximum Gasteiger partial charge on any atom is 0.280 e. The van der Waals surface area contributed by atoms with E-state index in [0.29, 0.717) is 24.8 Å². The molecular weight excluding hydrogens is 254 g/mol. The Bertz CT molecular complexity index is 472. The Hall–Kier alpha value is -0.990. The van der Waals surface area contributed by atoms with Crippen molar-refractivity contribution in [3.8, 4) is 0 Å². The SMILES string of the molecule is CC1CCCN(S(=O)(=O)NC(C)c2ncn[nH]2)C1. The number of aromatic nitrogens is 3. The summed E-state index contributed by atoms with van der Waals surface area (Å²) in [4.78, 5) is 3.95. The first kappa shape index (κ1) is 13.4. The molecule has 2 heterocycles. The number of H-pyrrole nitrogens is 1. The normalized spacial score (nSPS) is 24.0. The van der Waals surface area contributed by atoms with Gasteiger partial charge in [0.1, 0.15) is 12.2 Å². The third kappa shape index (κ3) is 3.06. The zero-order valence-corrected chi connectivity index (χ0v) is 11.4. The average Bonchev–Trinajstić information content (AvgIpc) is 2.82. The molecule has 8 heteroatoms. The minimum absolute atomic E-state index is 0.408. The van der Waals surface area contributed by atoms with E-state index in [9.17, 15) is 8.42 Å². The van der Waals surface area contributed by atoms with Crippen molar-refractivity contribution in [2.45, 2.75) is 32.7 Å². The Labute approximate surface area is 107 Å². The van der Waals surface area contributed by atoms with Crippen LogP contribution in [0.5, 0.6) is 0 Å². The van der Waals surface area contributed by atoms with Gasteiger partial charge < -0.3 is 0 Å². The van der Waals surface area contributed by atoms with Crippen LogP contribution in [0.4, 0.5) is 0 Å². The molecular formula is C10H19N5O2S. The fourth-order valence-corrected chi connectivity index (χ4v) is 3.67. The van der Waals surface area contributed by atoms with Crippen LogP contribution in [0.1, 0.15) is 38.6 Å². The van der Waals surface area contributed by atoms with Crippen molar-refractivity contribution in [3.05, 3.63) is 12.2 Å². The van der Waals surface area contributed by atoms with Gasteiger partial charge in [0.25, 0.3) is 10.2 Å².